The van der Waals surface area contributed by atoms with E-state index >= 15 is 0 Å². The Balaban J connectivity index is 1.41. The number of rotatable bonds is 3. The molecule has 3 aliphatic heterocycles. The smallest absolute Gasteiger partial charge is 0.258 e. The Morgan fingerprint density at radius 1 is 1.11 bits per heavy atom. The van der Waals surface area contributed by atoms with Crippen LogP contribution in [0, 0.1) is 0 Å². The number of piperazine rings is 1. The molecule has 1 aromatic heterocycles. The van der Waals surface area contributed by atoms with E-state index in [1.54, 1.807) is 29.4 Å². The van der Waals surface area contributed by atoms with Gasteiger partial charge >= 0.3 is 0 Å². The Kier molecular flexibility index (Phi) is 8.19. The number of carbonyl (C=O) groups excluding carboxylic acids is 3. The molecule has 3 aliphatic rings. The lowest BCUT2D eigenvalue weighted by atomic mass is 9.96. The number of nitrogens with zero attached hydrogens (tertiary/aromatic N) is 3. The SMILES string of the molecule is CC(=O)N[C@@H]1CC[C@H]2CCOc3ccccc3C(=O)N3CCN(Cc4ccncc4)C[C@H]3C(=O)NC[C@H]1O2. The molecule has 2 aromatic rings. The summed E-state index contributed by atoms with van der Waals surface area (Å²) in [6, 6.07) is 10.2. The lowest BCUT2D eigenvalue weighted by molar-refractivity contribution is -0.131. The highest BCUT2D eigenvalue weighted by Gasteiger charge is 2.38. The zero-order valence-corrected chi connectivity index (χ0v) is 21.7. The van der Waals surface area contributed by atoms with Crippen molar-refractivity contribution >= 4 is 17.7 Å². The summed E-state index contributed by atoms with van der Waals surface area (Å²) < 4.78 is 12.4. The molecule has 38 heavy (non-hydrogen) atoms. The first kappa shape index (κ1) is 26.1. The van der Waals surface area contributed by atoms with Crippen molar-refractivity contribution in [2.75, 3.05) is 32.8 Å². The highest BCUT2D eigenvalue weighted by atomic mass is 16.5. The quantitative estimate of drug-likeness (QED) is 0.627. The van der Waals surface area contributed by atoms with Gasteiger partial charge in [-0.25, -0.2) is 0 Å². The molecule has 4 atom stereocenters. The average Bonchev–Trinajstić information content (AvgIpc) is 2.92. The van der Waals surface area contributed by atoms with Gasteiger partial charge in [-0.2, -0.15) is 0 Å². The predicted molar refractivity (Wildman–Crippen MR) is 139 cm³/mol. The van der Waals surface area contributed by atoms with Crippen molar-refractivity contribution in [1.29, 1.82) is 0 Å². The predicted octanol–water partition coefficient (Wildman–Crippen LogP) is 1.36. The maximum absolute atomic E-state index is 13.8. The van der Waals surface area contributed by atoms with Crippen molar-refractivity contribution in [2.24, 2.45) is 0 Å². The zero-order chi connectivity index (χ0) is 26.5. The molecule has 3 amide bonds. The molecule has 0 radical (unpaired) electrons. The number of hydrogen-bond acceptors (Lipinski definition) is 7. The fourth-order valence-electron chi connectivity index (χ4n) is 5.53. The van der Waals surface area contributed by atoms with E-state index in [2.05, 4.69) is 20.5 Å². The second-order valence-corrected chi connectivity index (χ2v) is 10.2. The van der Waals surface area contributed by atoms with E-state index in [9.17, 15) is 14.4 Å². The van der Waals surface area contributed by atoms with Crippen molar-refractivity contribution in [3.05, 3.63) is 59.9 Å². The molecule has 0 unspecified atom stereocenters. The zero-order valence-electron chi connectivity index (χ0n) is 21.7. The summed E-state index contributed by atoms with van der Waals surface area (Å²) in [4.78, 5) is 47.2. The van der Waals surface area contributed by atoms with Crippen LogP contribution in [0.2, 0.25) is 0 Å². The van der Waals surface area contributed by atoms with Crippen LogP contribution in [0.1, 0.15) is 42.1 Å². The molecule has 0 spiro atoms. The van der Waals surface area contributed by atoms with Crippen molar-refractivity contribution in [3.8, 4) is 5.75 Å². The van der Waals surface area contributed by atoms with Crippen molar-refractivity contribution < 1.29 is 23.9 Å². The maximum Gasteiger partial charge on any atom is 0.258 e. The molecule has 2 N–H and O–H groups in total. The van der Waals surface area contributed by atoms with Gasteiger partial charge in [-0.05, 0) is 42.7 Å². The highest BCUT2D eigenvalue weighted by molar-refractivity contribution is 6.00. The van der Waals surface area contributed by atoms with E-state index in [0.29, 0.717) is 50.5 Å². The van der Waals surface area contributed by atoms with Crippen molar-refractivity contribution in [1.82, 2.24) is 25.4 Å². The summed E-state index contributed by atoms with van der Waals surface area (Å²) in [6.07, 6.45) is 5.27. The fraction of sp³-hybridized carbons (Fsp3) is 0.500. The topological polar surface area (TPSA) is 113 Å². The van der Waals surface area contributed by atoms with Gasteiger partial charge in [-0.15, -0.1) is 0 Å². The van der Waals surface area contributed by atoms with E-state index in [4.69, 9.17) is 9.47 Å². The van der Waals surface area contributed by atoms with Crippen LogP contribution < -0.4 is 15.4 Å². The van der Waals surface area contributed by atoms with Crippen LogP contribution >= 0.6 is 0 Å². The number of amides is 3. The summed E-state index contributed by atoms with van der Waals surface area (Å²) in [5, 5.41) is 6.02. The first-order valence-electron chi connectivity index (χ1n) is 13.3. The molecule has 5 rings (SSSR count). The van der Waals surface area contributed by atoms with Crippen LogP contribution in [0.15, 0.2) is 48.8 Å². The minimum atomic E-state index is -0.687. The maximum atomic E-state index is 13.8. The van der Waals surface area contributed by atoms with Crippen molar-refractivity contribution in [3.63, 3.8) is 0 Å². The third-order valence-corrected chi connectivity index (χ3v) is 7.48. The minimum Gasteiger partial charge on any atom is -0.493 e. The Hall–Kier alpha value is -3.50. The number of pyridine rings is 1. The first-order valence-corrected chi connectivity index (χ1v) is 13.3. The van der Waals surface area contributed by atoms with Crippen LogP contribution in [0.4, 0.5) is 0 Å². The largest absolute Gasteiger partial charge is 0.493 e. The third kappa shape index (κ3) is 6.14. The first-order chi connectivity index (χ1) is 18.5. The summed E-state index contributed by atoms with van der Waals surface area (Å²) in [5.41, 5.74) is 1.55. The number of benzene rings is 1. The highest BCUT2D eigenvalue weighted by Crippen LogP contribution is 2.26. The summed E-state index contributed by atoms with van der Waals surface area (Å²) in [7, 11) is 0. The molecule has 0 aliphatic carbocycles. The number of ether oxygens (including phenoxy) is 2. The van der Waals surface area contributed by atoms with Crippen LogP contribution in [0.25, 0.3) is 0 Å². The van der Waals surface area contributed by atoms with Crippen LogP contribution in [-0.2, 0) is 20.9 Å². The molecule has 10 heteroatoms. The van der Waals surface area contributed by atoms with Gasteiger partial charge in [0.25, 0.3) is 5.91 Å². The lowest BCUT2D eigenvalue weighted by Gasteiger charge is -2.42. The van der Waals surface area contributed by atoms with E-state index in [1.807, 2.05) is 24.3 Å². The Morgan fingerprint density at radius 2 is 1.92 bits per heavy atom. The lowest BCUT2D eigenvalue weighted by Crippen LogP contribution is -2.61. The third-order valence-electron chi connectivity index (χ3n) is 7.48. The van der Waals surface area contributed by atoms with E-state index in [-0.39, 0.29) is 42.5 Å². The summed E-state index contributed by atoms with van der Waals surface area (Å²) in [6.45, 7) is 4.24. The Morgan fingerprint density at radius 3 is 2.74 bits per heavy atom. The monoisotopic (exact) mass is 521 g/mol. The molecule has 2 fully saturated rings. The van der Waals surface area contributed by atoms with Gasteiger partial charge in [0.05, 0.1) is 30.4 Å². The molecule has 10 nitrogen and oxygen atoms in total. The number of aromatic nitrogens is 1. The van der Waals surface area contributed by atoms with Gasteiger partial charge in [0.2, 0.25) is 11.8 Å². The number of para-hydroxylation sites is 1. The van der Waals surface area contributed by atoms with Crippen LogP contribution in [0.5, 0.6) is 5.75 Å². The molecular formula is C28H35N5O5. The van der Waals surface area contributed by atoms with Gasteiger partial charge in [-0.3, -0.25) is 24.3 Å². The summed E-state index contributed by atoms with van der Waals surface area (Å²) in [5.74, 6) is -0.0654. The standard InChI is InChI=1S/C28H35N5O5/c1-19(34)31-23-7-6-21-10-15-37-25-5-3-2-4-22(25)28(36)33-14-13-32(17-20-8-11-29-12-9-20)18-24(33)27(35)30-16-26(23)38-21/h2-5,8-9,11-12,21,23-24,26H,6-7,10,13-18H2,1H3,(H,30,35)(H,31,34)/t21-,23+,24-,26+/m0/s1. The average molecular weight is 522 g/mol. The molecule has 2 bridgehead atoms. The van der Waals surface area contributed by atoms with Gasteiger partial charge in [0, 0.05) is 58.5 Å². The van der Waals surface area contributed by atoms with E-state index < -0.39 is 6.04 Å². The number of nitrogens with one attached hydrogen (secondary N) is 2. The van der Waals surface area contributed by atoms with Gasteiger partial charge in [-0.1, -0.05) is 12.1 Å². The molecule has 0 saturated carbocycles. The van der Waals surface area contributed by atoms with E-state index in [1.165, 1.54) is 6.92 Å². The number of carbonyl (C=O) groups is 3. The van der Waals surface area contributed by atoms with Gasteiger partial charge < -0.3 is 25.0 Å². The molecule has 202 valence electrons. The summed E-state index contributed by atoms with van der Waals surface area (Å²) >= 11 is 0. The Bertz CT molecular complexity index is 1150. The second kappa shape index (κ2) is 11.9. The van der Waals surface area contributed by atoms with Gasteiger partial charge in [0.15, 0.2) is 0 Å². The van der Waals surface area contributed by atoms with Crippen LogP contribution in [-0.4, -0.2) is 89.6 Å². The molecule has 1 aromatic carbocycles. The number of fused-ring (bicyclic) bond motifs is 4. The van der Waals surface area contributed by atoms with Crippen LogP contribution in [0.3, 0.4) is 0 Å². The fourth-order valence-corrected chi connectivity index (χ4v) is 5.53. The molecule has 4 heterocycles. The molecular weight excluding hydrogens is 486 g/mol. The van der Waals surface area contributed by atoms with Crippen molar-refractivity contribution in [2.45, 2.75) is 57.0 Å². The van der Waals surface area contributed by atoms with Gasteiger partial charge in [0.1, 0.15) is 11.8 Å². The Labute approximate surface area is 222 Å². The second-order valence-electron chi connectivity index (χ2n) is 10.2. The molecule has 2 saturated heterocycles. The minimum absolute atomic E-state index is 0.0604. The normalized spacial score (nSPS) is 26.7. The number of hydrogen-bond donors (Lipinski definition) is 2. The van der Waals surface area contributed by atoms with E-state index in [0.717, 1.165) is 18.4 Å².